The predicted octanol–water partition coefficient (Wildman–Crippen LogP) is 2.05. The highest BCUT2D eigenvalue weighted by molar-refractivity contribution is 5.78. The molecule has 0 fully saturated rings. The van der Waals surface area contributed by atoms with E-state index in [2.05, 4.69) is 5.32 Å². The minimum absolute atomic E-state index is 0.0781. The van der Waals surface area contributed by atoms with Gasteiger partial charge < -0.3 is 14.8 Å². The molecule has 5 heteroatoms. The van der Waals surface area contributed by atoms with Crippen LogP contribution >= 0.6 is 0 Å². The summed E-state index contributed by atoms with van der Waals surface area (Å²) in [5.74, 6) is 1.02. The Balaban J connectivity index is 2.64. The molecule has 20 heavy (non-hydrogen) atoms. The molecule has 110 valence electrons. The van der Waals surface area contributed by atoms with Crippen molar-refractivity contribution in [3.05, 3.63) is 23.8 Å². The molecule has 1 aromatic rings. The van der Waals surface area contributed by atoms with E-state index in [1.54, 1.807) is 18.2 Å². The van der Waals surface area contributed by atoms with Gasteiger partial charge in [0, 0.05) is 11.6 Å². The second-order valence-corrected chi connectivity index (χ2v) is 4.92. The van der Waals surface area contributed by atoms with Crippen LogP contribution in [-0.4, -0.2) is 32.0 Å². The van der Waals surface area contributed by atoms with E-state index in [4.69, 9.17) is 9.47 Å². The van der Waals surface area contributed by atoms with Crippen LogP contribution in [0, 0.1) is 5.92 Å². The standard InChI is InChI=1S/C15H21NO4/c1-10(2)11(3)16-15(18)9-20-14-7-12(8-17)5-6-13(14)19-4/h5-8,10-11H,9H2,1-4H3,(H,16,18)/t11-/m1/s1. The molecule has 1 atom stereocenters. The van der Waals surface area contributed by atoms with E-state index in [9.17, 15) is 9.59 Å². The van der Waals surface area contributed by atoms with Crippen molar-refractivity contribution in [1.82, 2.24) is 5.32 Å². The largest absolute Gasteiger partial charge is 0.493 e. The van der Waals surface area contributed by atoms with Crippen LogP contribution in [0.2, 0.25) is 0 Å². The molecule has 0 spiro atoms. The van der Waals surface area contributed by atoms with Crippen molar-refractivity contribution in [3.63, 3.8) is 0 Å². The van der Waals surface area contributed by atoms with Crippen LogP contribution < -0.4 is 14.8 Å². The molecule has 0 aliphatic carbocycles. The van der Waals surface area contributed by atoms with Crippen LogP contribution in [0.5, 0.6) is 11.5 Å². The number of amides is 1. The molecule has 5 nitrogen and oxygen atoms in total. The Morgan fingerprint density at radius 1 is 1.30 bits per heavy atom. The lowest BCUT2D eigenvalue weighted by Gasteiger charge is -2.18. The number of methoxy groups -OCH3 is 1. The Kier molecular flexibility index (Phi) is 6.03. The Morgan fingerprint density at radius 2 is 2.00 bits per heavy atom. The molecule has 0 radical (unpaired) electrons. The number of hydrogen-bond donors (Lipinski definition) is 1. The van der Waals surface area contributed by atoms with Gasteiger partial charge in [-0.1, -0.05) is 13.8 Å². The van der Waals surface area contributed by atoms with Crippen LogP contribution in [0.15, 0.2) is 18.2 Å². The van der Waals surface area contributed by atoms with E-state index < -0.39 is 0 Å². The first-order chi connectivity index (χ1) is 9.47. The van der Waals surface area contributed by atoms with Crippen molar-refractivity contribution in [2.75, 3.05) is 13.7 Å². The number of nitrogens with one attached hydrogen (secondary N) is 1. The molecular weight excluding hydrogens is 258 g/mol. The zero-order chi connectivity index (χ0) is 15.1. The quantitative estimate of drug-likeness (QED) is 0.776. The molecule has 0 heterocycles. The zero-order valence-corrected chi connectivity index (χ0v) is 12.3. The molecular formula is C15H21NO4. The van der Waals surface area contributed by atoms with Gasteiger partial charge in [0.1, 0.15) is 6.29 Å². The van der Waals surface area contributed by atoms with E-state index in [1.165, 1.54) is 7.11 Å². The van der Waals surface area contributed by atoms with Crippen LogP contribution in [-0.2, 0) is 4.79 Å². The maximum absolute atomic E-state index is 11.7. The first-order valence-corrected chi connectivity index (χ1v) is 6.53. The van der Waals surface area contributed by atoms with Gasteiger partial charge in [-0.05, 0) is 31.0 Å². The summed E-state index contributed by atoms with van der Waals surface area (Å²) < 4.78 is 10.5. The molecule has 0 aliphatic heterocycles. The topological polar surface area (TPSA) is 64.6 Å². The molecule has 0 saturated carbocycles. The fraction of sp³-hybridized carbons (Fsp3) is 0.467. The van der Waals surface area contributed by atoms with Gasteiger partial charge in [-0.15, -0.1) is 0 Å². The minimum Gasteiger partial charge on any atom is -0.493 e. The zero-order valence-electron chi connectivity index (χ0n) is 12.3. The smallest absolute Gasteiger partial charge is 0.258 e. The number of rotatable bonds is 7. The Hall–Kier alpha value is -2.04. The Morgan fingerprint density at radius 3 is 2.55 bits per heavy atom. The van der Waals surface area contributed by atoms with Gasteiger partial charge in [0.15, 0.2) is 18.1 Å². The number of hydrogen-bond acceptors (Lipinski definition) is 4. The van der Waals surface area contributed by atoms with Gasteiger partial charge in [-0.25, -0.2) is 0 Å². The van der Waals surface area contributed by atoms with Gasteiger partial charge in [0.2, 0.25) is 0 Å². The van der Waals surface area contributed by atoms with Crippen molar-refractivity contribution in [3.8, 4) is 11.5 Å². The molecule has 0 saturated heterocycles. The fourth-order valence-corrected chi connectivity index (χ4v) is 1.48. The first-order valence-electron chi connectivity index (χ1n) is 6.53. The summed E-state index contributed by atoms with van der Waals surface area (Å²) in [5, 5.41) is 2.84. The highest BCUT2D eigenvalue weighted by atomic mass is 16.5. The summed E-state index contributed by atoms with van der Waals surface area (Å²) in [5.41, 5.74) is 0.469. The second kappa shape index (κ2) is 7.53. The molecule has 0 unspecified atom stereocenters. The maximum atomic E-state index is 11.7. The Labute approximate surface area is 119 Å². The lowest BCUT2D eigenvalue weighted by Crippen LogP contribution is -2.38. The highest BCUT2D eigenvalue weighted by Gasteiger charge is 2.12. The van der Waals surface area contributed by atoms with Crippen LogP contribution in [0.25, 0.3) is 0 Å². The second-order valence-electron chi connectivity index (χ2n) is 4.92. The van der Waals surface area contributed by atoms with Crippen molar-refractivity contribution in [2.24, 2.45) is 5.92 Å². The van der Waals surface area contributed by atoms with E-state index >= 15 is 0 Å². The fourth-order valence-electron chi connectivity index (χ4n) is 1.48. The molecule has 1 aromatic carbocycles. The lowest BCUT2D eigenvalue weighted by molar-refractivity contribution is -0.124. The number of ether oxygens (including phenoxy) is 2. The van der Waals surface area contributed by atoms with Gasteiger partial charge in [0.25, 0.3) is 5.91 Å². The summed E-state index contributed by atoms with van der Waals surface area (Å²) >= 11 is 0. The van der Waals surface area contributed by atoms with Crippen LogP contribution in [0.1, 0.15) is 31.1 Å². The first kappa shape index (κ1) is 16.0. The number of aldehydes is 1. The molecule has 1 amide bonds. The monoisotopic (exact) mass is 279 g/mol. The SMILES string of the molecule is COc1ccc(C=O)cc1OCC(=O)N[C@H](C)C(C)C. The summed E-state index contributed by atoms with van der Waals surface area (Å²) in [6.07, 6.45) is 0.715. The van der Waals surface area contributed by atoms with Crippen molar-refractivity contribution < 1.29 is 19.1 Å². The molecule has 1 rings (SSSR count). The van der Waals surface area contributed by atoms with Gasteiger partial charge in [0.05, 0.1) is 7.11 Å². The van der Waals surface area contributed by atoms with E-state index in [0.717, 1.165) is 0 Å². The van der Waals surface area contributed by atoms with Crippen molar-refractivity contribution >= 4 is 12.2 Å². The minimum atomic E-state index is -0.204. The van der Waals surface area contributed by atoms with E-state index in [-0.39, 0.29) is 18.6 Å². The normalized spacial score (nSPS) is 11.8. The summed E-state index contributed by atoms with van der Waals surface area (Å²) in [7, 11) is 1.50. The van der Waals surface area contributed by atoms with Crippen molar-refractivity contribution in [2.45, 2.75) is 26.8 Å². The van der Waals surface area contributed by atoms with E-state index in [1.807, 2.05) is 20.8 Å². The van der Waals surface area contributed by atoms with Gasteiger partial charge >= 0.3 is 0 Å². The molecule has 0 aliphatic rings. The van der Waals surface area contributed by atoms with Gasteiger partial charge in [-0.2, -0.15) is 0 Å². The maximum Gasteiger partial charge on any atom is 0.258 e. The molecule has 1 N–H and O–H groups in total. The lowest BCUT2D eigenvalue weighted by atomic mass is 10.1. The Bertz CT molecular complexity index is 471. The third-order valence-corrected chi connectivity index (χ3v) is 3.07. The summed E-state index contributed by atoms with van der Waals surface area (Å²) in [4.78, 5) is 22.5. The van der Waals surface area contributed by atoms with Crippen molar-refractivity contribution in [1.29, 1.82) is 0 Å². The molecule has 0 aromatic heterocycles. The van der Waals surface area contributed by atoms with Crippen LogP contribution in [0.3, 0.4) is 0 Å². The third kappa shape index (κ3) is 4.57. The highest BCUT2D eigenvalue weighted by Crippen LogP contribution is 2.27. The van der Waals surface area contributed by atoms with Crippen LogP contribution in [0.4, 0.5) is 0 Å². The molecule has 0 bridgehead atoms. The number of carbonyl (C=O) groups excluding carboxylic acids is 2. The number of benzene rings is 1. The summed E-state index contributed by atoms with van der Waals surface area (Å²) in [6.45, 7) is 5.89. The van der Waals surface area contributed by atoms with Gasteiger partial charge in [-0.3, -0.25) is 9.59 Å². The average molecular weight is 279 g/mol. The summed E-state index contributed by atoms with van der Waals surface area (Å²) in [6, 6.07) is 4.88. The predicted molar refractivity (Wildman–Crippen MR) is 76.3 cm³/mol. The van der Waals surface area contributed by atoms with E-state index in [0.29, 0.717) is 29.3 Å². The third-order valence-electron chi connectivity index (χ3n) is 3.07. The average Bonchev–Trinajstić information content (AvgIpc) is 2.44. The number of carbonyl (C=O) groups is 2.